The summed E-state index contributed by atoms with van der Waals surface area (Å²) < 4.78 is 10.9. The van der Waals surface area contributed by atoms with Crippen molar-refractivity contribution in [1.29, 1.82) is 0 Å². The topological polar surface area (TPSA) is 72.0 Å². The number of nitrogens with zero attached hydrogens (tertiary/aromatic N) is 3. The second-order valence-corrected chi connectivity index (χ2v) is 10.5. The minimum absolute atomic E-state index is 0.0765. The van der Waals surface area contributed by atoms with Crippen LogP contribution in [0.2, 0.25) is 0 Å². The molecule has 186 valence electrons. The number of hydrogen-bond donors (Lipinski definition) is 0. The molecule has 2 saturated heterocycles. The smallest absolute Gasteiger partial charge is 0.309 e. The largest absolute Gasteiger partial charge is 0.466 e. The van der Waals surface area contributed by atoms with Crippen LogP contribution < -0.4 is 4.90 Å². The van der Waals surface area contributed by atoms with Crippen LogP contribution in [0.15, 0.2) is 29.2 Å². The Kier molecular flexibility index (Phi) is 8.41. The van der Waals surface area contributed by atoms with E-state index in [0.29, 0.717) is 54.9 Å². The third kappa shape index (κ3) is 5.85. The summed E-state index contributed by atoms with van der Waals surface area (Å²) in [6.07, 6.45) is 4.08. The van der Waals surface area contributed by atoms with Crippen molar-refractivity contribution in [2.75, 3.05) is 44.9 Å². The highest BCUT2D eigenvalue weighted by atomic mass is 32.2. The van der Waals surface area contributed by atoms with Crippen LogP contribution in [0.3, 0.4) is 0 Å². The summed E-state index contributed by atoms with van der Waals surface area (Å²) in [7, 11) is 1.65. The lowest BCUT2D eigenvalue weighted by Crippen LogP contribution is -2.37. The first-order valence-electron chi connectivity index (χ1n) is 12.0. The zero-order valence-electron chi connectivity index (χ0n) is 20.4. The van der Waals surface area contributed by atoms with Crippen molar-refractivity contribution in [1.82, 2.24) is 9.88 Å². The Morgan fingerprint density at radius 3 is 2.77 bits per heavy atom. The standard InChI is InChI=1S/C26H31N3O4S2/c1-4-33-25(31)18-8-11-28(12-9-18)23-20(15-19-14-17(2)6-7-21(19)27-23)16-22-24(30)29(26(34)35-22)10-5-13-32-3/h6-7,14-16,18H,4-5,8-13H2,1-3H3/b22-16-. The van der Waals surface area contributed by atoms with E-state index in [2.05, 4.69) is 30.0 Å². The number of aromatic nitrogens is 1. The number of hydrogen-bond acceptors (Lipinski definition) is 8. The van der Waals surface area contributed by atoms with Gasteiger partial charge in [0.1, 0.15) is 10.1 Å². The van der Waals surface area contributed by atoms with Gasteiger partial charge in [-0.2, -0.15) is 0 Å². The molecule has 4 rings (SSSR count). The van der Waals surface area contributed by atoms with E-state index in [-0.39, 0.29) is 17.8 Å². The number of thiocarbonyl (C=S) groups is 1. The SMILES string of the molecule is CCOC(=O)C1CCN(c2nc3ccc(C)cc3cc2/C=C2\SC(=S)N(CCCOC)C2=O)CC1. The Balaban J connectivity index is 1.64. The van der Waals surface area contributed by atoms with Crippen LogP contribution >= 0.6 is 24.0 Å². The molecule has 3 heterocycles. The number of pyridine rings is 1. The number of anilines is 1. The predicted octanol–water partition coefficient (Wildman–Crippen LogP) is 4.56. The van der Waals surface area contributed by atoms with E-state index in [4.69, 9.17) is 26.7 Å². The molecule has 0 bridgehead atoms. The fourth-order valence-corrected chi connectivity index (χ4v) is 5.75. The molecule has 2 aromatic rings. The number of esters is 1. The molecule has 0 spiro atoms. The van der Waals surface area contributed by atoms with Crippen LogP contribution in [0, 0.1) is 12.8 Å². The molecule has 9 heteroatoms. The van der Waals surface area contributed by atoms with Crippen molar-refractivity contribution < 1.29 is 19.1 Å². The highest BCUT2D eigenvalue weighted by Crippen LogP contribution is 2.36. The van der Waals surface area contributed by atoms with Gasteiger partial charge in [-0.25, -0.2) is 4.98 Å². The monoisotopic (exact) mass is 513 g/mol. The molecule has 0 saturated carbocycles. The van der Waals surface area contributed by atoms with Crippen molar-refractivity contribution in [3.05, 3.63) is 40.3 Å². The first kappa shape index (κ1) is 25.6. The number of benzene rings is 1. The van der Waals surface area contributed by atoms with Crippen molar-refractivity contribution in [3.8, 4) is 0 Å². The summed E-state index contributed by atoms with van der Waals surface area (Å²) in [6.45, 7) is 6.81. The molecular formula is C26H31N3O4S2. The molecule has 0 aliphatic carbocycles. The number of methoxy groups -OCH3 is 1. The lowest BCUT2D eigenvalue weighted by atomic mass is 9.96. The van der Waals surface area contributed by atoms with Gasteiger partial charge in [-0.3, -0.25) is 14.5 Å². The zero-order chi connectivity index (χ0) is 24.9. The Hall–Kier alpha value is -2.49. The number of thioether (sulfide) groups is 1. The van der Waals surface area contributed by atoms with E-state index >= 15 is 0 Å². The fourth-order valence-electron chi connectivity index (χ4n) is 4.45. The van der Waals surface area contributed by atoms with Crippen LogP contribution in [0.1, 0.15) is 37.3 Å². The zero-order valence-corrected chi connectivity index (χ0v) is 22.0. The van der Waals surface area contributed by atoms with Gasteiger partial charge < -0.3 is 14.4 Å². The molecule has 1 amide bonds. The molecule has 0 radical (unpaired) electrons. The Labute approximate surface area is 215 Å². The summed E-state index contributed by atoms with van der Waals surface area (Å²) in [6, 6.07) is 8.28. The van der Waals surface area contributed by atoms with Gasteiger partial charge in [0.2, 0.25) is 0 Å². The molecule has 0 atom stereocenters. The average Bonchev–Trinajstić information content (AvgIpc) is 3.11. The second kappa shape index (κ2) is 11.5. The molecule has 35 heavy (non-hydrogen) atoms. The number of fused-ring (bicyclic) bond motifs is 1. The van der Waals surface area contributed by atoms with Crippen LogP contribution in [0.5, 0.6) is 0 Å². The number of rotatable bonds is 8. The number of amides is 1. The molecule has 1 aromatic carbocycles. The maximum absolute atomic E-state index is 13.1. The molecular weight excluding hydrogens is 482 g/mol. The number of carbonyl (C=O) groups is 2. The van der Waals surface area contributed by atoms with Gasteiger partial charge in [0.05, 0.1) is 22.9 Å². The van der Waals surface area contributed by atoms with E-state index in [9.17, 15) is 9.59 Å². The van der Waals surface area contributed by atoms with Crippen LogP contribution in [-0.4, -0.2) is 66.0 Å². The van der Waals surface area contributed by atoms with Gasteiger partial charge in [-0.05, 0) is 57.4 Å². The normalized spacial score (nSPS) is 18.2. The maximum atomic E-state index is 13.1. The first-order valence-corrected chi connectivity index (χ1v) is 13.2. The molecule has 2 aliphatic rings. The third-order valence-electron chi connectivity index (χ3n) is 6.28. The minimum atomic E-state index is -0.119. The van der Waals surface area contributed by atoms with E-state index < -0.39 is 0 Å². The average molecular weight is 514 g/mol. The Bertz CT molecular complexity index is 1160. The molecule has 2 aliphatic heterocycles. The highest BCUT2D eigenvalue weighted by molar-refractivity contribution is 8.26. The van der Waals surface area contributed by atoms with Gasteiger partial charge in [-0.1, -0.05) is 35.6 Å². The third-order valence-corrected chi connectivity index (χ3v) is 7.66. The van der Waals surface area contributed by atoms with Crippen LogP contribution in [0.4, 0.5) is 5.82 Å². The lowest BCUT2D eigenvalue weighted by molar-refractivity contribution is -0.148. The molecule has 1 aromatic heterocycles. The van der Waals surface area contributed by atoms with Crippen molar-refractivity contribution in [3.63, 3.8) is 0 Å². The highest BCUT2D eigenvalue weighted by Gasteiger charge is 2.32. The minimum Gasteiger partial charge on any atom is -0.466 e. The van der Waals surface area contributed by atoms with Crippen molar-refractivity contribution in [2.45, 2.75) is 33.1 Å². The Morgan fingerprint density at radius 2 is 2.06 bits per heavy atom. The van der Waals surface area contributed by atoms with Gasteiger partial charge >= 0.3 is 5.97 Å². The van der Waals surface area contributed by atoms with E-state index in [1.165, 1.54) is 11.8 Å². The summed E-state index contributed by atoms with van der Waals surface area (Å²) in [4.78, 5) is 34.8. The number of carbonyl (C=O) groups excluding carboxylic acids is 2. The van der Waals surface area contributed by atoms with E-state index in [0.717, 1.165) is 34.3 Å². The molecule has 0 unspecified atom stereocenters. The maximum Gasteiger partial charge on any atom is 0.309 e. The van der Waals surface area contributed by atoms with Gasteiger partial charge in [-0.15, -0.1) is 0 Å². The molecule has 7 nitrogen and oxygen atoms in total. The lowest BCUT2D eigenvalue weighted by Gasteiger charge is -2.32. The Morgan fingerprint density at radius 1 is 1.29 bits per heavy atom. The van der Waals surface area contributed by atoms with Crippen LogP contribution in [0.25, 0.3) is 17.0 Å². The van der Waals surface area contributed by atoms with E-state index in [1.807, 2.05) is 19.1 Å². The summed E-state index contributed by atoms with van der Waals surface area (Å²) >= 11 is 6.82. The summed E-state index contributed by atoms with van der Waals surface area (Å²) in [5.74, 6) is 0.549. The number of ether oxygens (including phenoxy) is 2. The predicted molar refractivity (Wildman–Crippen MR) is 144 cm³/mol. The quantitative estimate of drug-likeness (QED) is 0.220. The van der Waals surface area contributed by atoms with Gasteiger partial charge in [0.25, 0.3) is 5.91 Å². The second-order valence-electron chi connectivity index (χ2n) is 8.79. The fraction of sp³-hybridized carbons (Fsp3) is 0.462. The van der Waals surface area contributed by atoms with Crippen LogP contribution in [-0.2, 0) is 19.1 Å². The van der Waals surface area contributed by atoms with Gasteiger partial charge in [0.15, 0.2) is 0 Å². The van der Waals surface area contributed by atoms with E-state index in [1.54, 1.807) is 12.0 Å². The molecule has 2 fully saturated rings. The summed E-state index contributed by atoms with van der Waals surface area (Å²) in [5.41, 5.74) is 2.94. The number of aryl methyl sites for hydroxylation is 1. The van der Waals surface area contributed by atoms with Crippen molar-refractivity contribution in [2.24, 2.45) is 5.92 Å². The molecule has 0 N–H and O–H groups in total. The van der Waals surface area contributed by atoms with Gasteiger partial charge in [0, 0.05) is 44.3 Å². The summed E-state index contributed by atoms with van der Waals surface area (Å²) in [5, 5.41) is 1.02. The van der Waals surface area contributed by atoms with Crippen molar-refractivity contribution >= 4 is 63.0 Å². The first-order chi connectivity index (χ1) is 16.9. The number of piperidine rings is 1.